The number of fused-ring (bicyclic) bond motifs is 1. The quantitative estimate of drug-likeness (QED) is 0.589. The van der Waals surface area contributed by atoms with Gasteiger partial charge in [-0.1, -0.05) is 17.7 Å². The number of aliphatic hydroxyl groups excluding tert-OH is 1. The maximum Gasteiger partial charge on any atom is 0.268 e. The van der Waals surface area contributed by atoms with Crippen molar-refractivity contribution in [2.45, 2.75) is 19.6 Å². The van der Waals surface area contributed by atoms with E-state index in [1.165, 1.54) is 0 Å². The molecule has 0 spiro atoms. The molecule has 0 unspecified atom stereocenters. The first kappa shape index (κ1) is 14.6. The lowest BCUT2D eigenvalue weighted by Crippen LogP contribution is -2.23. The van der Waals surface area contributed by atoms with Crippen LogP contribution < -0.4 is 5.32 Å². The number of carbonyl (C=O) groups is 1. The molecular formula is C14H14ClN5O2. The summed E-state index contributed by atoms with van der Waals surface area (Å²) < 4.78 is 0. The normalized spacial score (nSPS) is 12.5. The zero-order chi connectivity index (χ0) is 15.7. The van der Waals surface area contributed by atoms with Gasteiger partial charge in [0.2, 0.25) is 0 Å². The van der Waals surface area contributed by atoms with Crippen molar-refractivity contribution < 1.29 is 9.90 Å². The SMILES string of the molecule is C[C@H](O)c1n[nH]c(CNC(=O)c2cc3ccc(Cl)cc3[nH]2)n1. The summed E-state index contributed by atoms with van der Waals surface area (Å²) in [6, 6.07) is 7.13. The molecule has 1 atom stereocenters. The minimum atomic E-state index is -0.751. The highest BCUT2D eigenvalue weighted by Gasteiger charge is 2.12. The summed E-state index contributed by atoms with van der Waals surface area (Å²) >= 11 is 5.92. The minimum Gasteiger partial charge on any atom is -0.385 e. The highest BCUT2D eigenvalue weighted by Crippen LogP contribution is 2.19. The zero-order valence-electron chi connectivity index (χ0n) is 11.7. The molecule has 0 radical (unpaired) electrons. The molecule has 2 aromatic heterocycles. The summed E-state index contributed by atoms with van der Waals surface area (Å²) in [5.74, 6) is 0.509. The monoisotopic (exact) mass is 319 g/mol. The maximum absolute atomic E-state index is 12.1. The summed E-state index contributed by atoms with van der Waals surface area (Å²) in [7, 11) is 0. The van der Waals surface area contributed by atoms with Crippen molar-refractivity contribution in [3.63, 3.8) is 0 Å². The van der Waals surface area contributed by atoms with Crippen molar-refractivity contribution >= 4 is 28.4 Å². The molecule has 0 aliphatic heterocycles. The number of aromatic amines is 2. The number of hydrogen-bond acceptors (Lipinski definition) is 4. The number of nitrogens with zero attached hydrogens (tertiary/aromatic N) is 2. The van der Waals surface area contributed by atoms with E-state index in [4.69, 9.17) is 11.6 Å². The molecule has 3 rings (SSSR count). The van der Waals surface area contributed by atoms with Crippen LogP contribution >= 0.6 is 11.6 Å². The molecule has 4 N–H and O–H groups in total. The highest BCUT2D eigenvalue weighted by molar-refractivity contribution is 6.31. The van der Waals surface area contributed by atoms with Crippen LogP contribution in [0.2, 0.25) is 5.02 Å². The molecule has 3 aromatic rings. The van der Waals surface area contributed by atoms with Gasteiger partial charge in [-0.05, 0) is 25.1 Å². The largest absolute Gasteiger partial charge is 0.385 e. The lowest BCUT2D eigenvalue weighted by molar-refractivity contribution is 0.0946. The number of rotatable bonds is 4. The van der Waals surface area contributed by atoms with Crippen LogP contribution in [0.3, 0.4) is 0 Å². The molecule has 0 saturated heterocycles. The van der Waals surface area contributed by atoms with Crippen molar-refractivity contribution in [1.29, 1.82) is 0 Å². The number of benzene rings is 1. The van der Waals surface area contributed by atoms with Crippen LogP contribution in [0.1, 0.15) is 35.2 Å². The van der Waals surface area contributed by atoms with E-state index in [1.807, 2.05) is 6.07 Å². The van der Waals surface area contributed by atoms with Crippen LogP contribution in [0.25, 0.3) is 10.9 Å². The third-order valence-corrected chi connectivity index (χ3v) is 3.40. The fourth-order valence-electron chi connectivity index (χ4n) is 2.06. The molecule has 0 aliphatic rings. The molecule has 0 bridgehead atoms. The Balaban J connectivity index is 1.70. The number of carbonyl (C=O) groups excluding carboxylic acids is 1. The number of amides is 1. The van der Waals surface area contributed by atoms with Gasteiger partial charge in [0, 0.05) is 15.9 Å². The molecule has 114 valence electrons. The number of halogens is 1. The van der Waals surface area contributed by atoms with Gasteiger partial charge in [-0.3, -0.25) is 9.89 Å². The molecule has 7 nitrogen and oxygen atoms in total. The van der Waals surface area contributed by atoms with E-state index < -0.39 is 6.10 Å². The molecule has 22 heavy (non-hydrogen) atoms. The lowest BCUT2D eigenvalue weighted by atomic mass is 10.2. The average Bonchev–Trinajstić information content (AvgIpc) is 3.10. The Morgan fingerprint density at radius 2 is 2.27 bits per heavy atom. The first-order chi connectivity index (χ1) is 10.5. The second-order valence-corrected chi connectivity index (χ2v) is 5.35. The Morgan fingerprint density at radius 3 is 3.00 bits per heavy atom. The molecule has 1 amide bonds. The second kappa shape index (κ2) is 5.78. The van der Waals surface area contributed by atoms with Gasteiger partial charge in [0.05, 0.1) is 6.54 Å². The standard InChI is InChI=1S/C14H14ClN5O2/c1-7(21)13-18-12(19-20-13)6-16-14(22)11-4-8-2-3-9(15)5-10(8)17-11/h2-5,7,17,21H,6H2,1H3,(H,16,22)(H,18,19,20)/t7-/m0/s1. The maximum atomic E-state index is 12.1. The fourth-order valence-corrected chi connectivity index (χ4v) is 2.23. The predicted molar refractivity (Wildman–Crippen MR) is 81.5 cm³/mol. The fraction of sp³-hybridized carbons (Fsp3) is 0.214. The summed E-state index contributed by atoms with van der Waals surface area (Å²) in [5, 5.41) is 20.1. The molecule has 0 saturated carbocycles. The summed E-state index contributed by atoms with van der Waals surface area (Å²) in [5.41, 5.74) is 1.24. The van der Waals surface area contributed by atoms with Gasteiger partial charge >= 0.3 is 0 Å². The van der Waals surface area contributed by atoms with Crippen molar-refractivity contribution in [3.05, 3.63) is 46.6 Å². The van der Waals surface area contributed by atoms with Crippen molar-refractivity contribution in [2.24, 2.45) is 0 Å². The molecule has 0 aliphatic carbocycles. The topological polar surface area (TPSA) is 107 Å². The summed E-state index contributed by atoms with van der Waals surface area (Å²) in [6.07, 6.45) is -0.751. The van der Waals surface area contributed by atoms with Gasteiger partial charge in [0.15, 0.2) is 5.82 Å². The van der Waals surface area contributed by atoms with Gasteiger partial charge < -0.3 is 15.4 Å². The Labute approximate surface area is 130 Å². The van der Waals surface area contributed by atoms with Crippen molar-refractivity contribution in [2.75, 3.05) is 0 Å². The van der Waals surface area contributed by atoms with Gasteiger partial charge in [-0.15, -0.1) is 0 Å². The first-order valence-corrected chi connectivity index (χ1v) is 7.06. The average molecular weight is 320 g/mol. The van der Waals surface area contributed by atoms with Crippen LogP contribution in [0.4, 0.5) is 0 Å². The van der Waals surface area contributed by atoms with E-state index in [-0.39, 0.29) is 12.5 Å². The van der Waals surface area contributed by atoms with Crippen LogP contribution in [-0.2, 0) is 6.54 Å². The van der Waals surface area contributed by atoms with Crippen LogP contribution in [-0.4, -0.2) is 31.2 Å². The Bertz CT molecular complexity index is 824. The van der Waals surface area contributed by atoms with E-state index in [0.29, 0.717) is 22.4 Å². The number of nitrogens with one attached hydrogen (secondary N) is 3. The summed E-state index contributed by atoms with van der Waals surface area (Å²) in [6.45, 7) is 1.76. The second-order valence-electron chi connectivity index (χ2n) is 4.91. The van der Waals surface area contributed by atoms with E-state index in [1.54, 1.807) is 25.1 Å². The summed E-state index contributed by atoms with van der Waals surface area (Å²) in [4.78, 5) is 19.2. The lowest BCUT2D eigenvalue weighted by Gasteiger charge is -2.00. The third-order valence-electron chi connectivity index (χ3n) is 3.17. The van der Waals surface area contributed by atoms with Crippen molar-refractivity contribution in [3.8, 4) is 0 Å². The number of aliphatic hydroxyl groups is 1. The van der Waals surface area contributed by atoms with Crippen LogP contribution in [0, 0.1) is 0 Å². The third kappa shape index (κ3) is 2.95. The Morgan fingerprint density at radius 1 is 1.45 bits per heavy atom. The highest BCUT2D eigenvalue weighted by atomic mass is 35.5. The Hall–Kier alpha value is -2.38. The minimum absolute atomic E-state index is 0.189. The van der Waals surface area contributed by atoms with Crippen molar-refractivity contribution in [1.82, 2.24) is 25.5 Å². The molecule has 1 aromatic carbocycles. The smallest absolute Gasteiger partial charge is 0.268 e. The predicted octanol–water partition coefficient (Wildman–Crippen LogP) is 1.92. The van der Waals surface area contributed by atoms with E-state index in [9.17, 15) is 9.90 Å². The van der Waals surface area contributed by atoms with Gasteiger partial charge in [-0.2, -0.15) is 5.10 Å². The van der Waals surface area contributed by atoms with Gasteiger partial charge in [0.25, 0.3) is 5.91 Å². The number of aromatic nitrogens is 4. The zero-order valence-corrected chi connectivity index (χ0v) is 12.5. The molecule has 2 heterocycles. The number of hydrogen-bond donors (Lipinski definition) is 4. The molecular weight excluding hydrogens is 306 g/mol. The van der Waals surface area contributed by atoms with E-state index in [2.05, 4.69) is 25.5 Å². The Kier molecular flexibility index (Phi) is 3.82. The van der Waals surface area contributed by atoms with Crippen LogP contribution in [0.5, 0.6) is 0 Å². The molecule has 8 heteroatoms. The molecule has 0 fully saturated rings. The van der Waals surface area contributed by atoms with Gasteiger partial charge in [0.1, 0.15) is 17.6 Å². The van der Waals surface area contributed by atoms with Crippen LogP contribution in [0.15, 0.2) is 24.3 Å². The first-order valence-electron chi connectivity index (χ1n) is 6.68. The van der Waals surface area contributed by atoms with E-state index >= 15 is 0 Å². The van der Waals surface area contributed by atoms with Gasteiger partial charge in [-0.25, -0.2) is 4.98 Å². The number of H-pyrrole nitrogens is 2. The van der Waals surface area contributed by atoms with E-state index in [0.717, 1.165) is 10.9 Å².